The third kappa shape index (κ3) is 7.11. The lowest BCUT2D eigenvalue weighted by molar-refractivity contribution is -0.153. The summed E-state index contributed by atoms with van der Waals surface area (Å²) in [5, 5.41) is 0. The van der Waals surface area contributed by atoms with Crippen molar-refractivity contribution < 1.29 is 14.3 Å². The molecule has 1 amide bonds. The largest absolute Gasteiger partial charge is 0.375 e. The fraction of sp³-hybridized carbons (Fsp3) is 0.720. The van der Waals surface area contributed by atoms with Crippen LogP contribution in [0.25, 0.3) is 0 Å². The van der Waals surface area contributed by atoms with E-state index in [1.54, 1.807) is 7.11 Å². The number of carbonyl (C=O) groups is 1. The molecule has 0 saturated heterocycles. The van der Waals surface area contributed by atoms with Gasteiger partial charge in [-0.2, -0.15) is 0 Å². The van der Waals surface area contributed by atoms with Crippen molar-refractivity contribution in [3.8, 4) is 0 Å². The van der Waals surface area contributed by atoms with E-state index >= 15 is 0 Å². The van der Waals surface area contributed by atoms with Gasteiger partial charge in [0, 0.05) is 33.0 Å². The van der Waals surface area contributed by atoms with Gasteiger partial charge in [0.1, 0.15) is 0 Å². The summed E-state index contributed by atoms with van der Waals surface area (Å²) >= 11 is 0. The lowest BCUT2D eigenvalue weighted by atomic mass is 9.86. The average Bonchev–Trinajstić information content (AvgIpc) is 2.71. The molecule has 4 nitrogen and oxygen atoms in total. The molecule has 0 radical (unpaired) electrons. The van der Waals surface area contributed by atoms with Crippen LogP contribution in [0.15, 0.2) is 30.3 Å². The van der Waals surface area contributed by atoms with Gasteiger partial charge in [0.15, 0.2) is 0 Å². The van der Waals surface area contributed by atoms with E-state index in [0.29, 0.717) is 12.5 Å². The summed E-state index contributed by atoms with van der Waals surface area (Å²) in [6.07, 6.45) is 1.63. The van der Waals surface area contributed by atoms with Crippen molar-refractivity contribution in [1.29, 1.82) is 0 Å². The highest BCUT2D eigenvalue weighted by molar-refractivity contribution is 5.78. The summed E-state index contributed by atoms with van der Waals surface area (Å²) in [5.74, 6) is 0.818. The molecule has 0 heterocycles. The van der Waals surface area contributed by atoms with Crippen molar-refractivity contribution in [2.24, 2.45) is 17.8 Å². The number of hydrogen-bond acceptors (Lipinski definition) is 3. The molecule has 5 atom stereocenters. The topological polar surface area (TPSA) is 38.8 Å². The first-order valence-electron chi connectivity index (χ1n) is 11.1. The smallest absolute Gasteiger partial charge is 0.225 e. The zero-order chi connectivity index (χ0) is 22.2. The van der Waals surface area contributed by atoms with Crippen LogP contribution in [0, 0.1) is 17.8 Å². The zero-order valence-corrected chi connectivity index (χ0v) is 20.1. The summed E-state index contributed by atoms with van der Waals surface area (Å²) in [5.41, 5.74) is 0.879. The van der Waals surface area contributed by atoms with Gasteiger partial charge in [0.2, 0.25) is 5.91 Å². The van der Waals surface area contributed by atoms with Gasteiger partial charge in [-0.05, 0) is 37.7 Å². The number of methoxy groups -OCH3 is 1. The van der Waals surface area contributed by atoms with E-state index in [2.05, 4.69) is 65.8 Å². The fourth-order valence-corrected chi connectivity index (χ4v) is 3.76. The second kappa shape index (κ2) is 11.7. The number of rotatable bonds is 12. The quantitative estimate of drug-likeness (QED) is 0.479. The second-order valence-electron chi connectivity index (χ2n) is 9.00. The molecule has 0 aliphatic rings. The number of benzene rings is 1. The van der Waals surface area contributed by atoms with Gasteiger partial charge >= 0.3 is 0 Å². The highest BCUT2D eigenvalue weighted by Gasteiger charge is 2.37. The molecule has 0 aromatic heterocycles. The Morgan fingerprint density at radius 3 is 2.14 bits per heavy atom. The third-order valence-corrected chi connectivity index (χ3v) is 6.64. The number of nitrogens with zero attached hydrogens (tertiary/aromatic N) is 1. The Balaban J connectivity index is 2.76. The van der Waals surface area contributed by atoms with Gasteiger partial charge in [-0.3, -0.25) is 4.79 Å². The molecule has 0 aliphatic heterocycles. The summed E-state index contributed by atoms with van der Waals surface area (Å²) < 4.78 is 12.5. The van der Waals surface area contributed by atoms with E-state index in [0.717, 1.165) is 12.8 Å². The van der Waals surface area contributed by atoms with E-state index < -0.39 is 0 Å². The van der Waals surface area contributed by atoms with Crippen LogP contribution in [0.2, 0.25) is 0 Å². The molecule has 0 spiro atoms. The van der Waals surface area contributed by atoms with Crippen molar-refractivity contribution in [2.45, 2.75) is 79.1 Å². The lowest BCUT2D eigenvalue weighted by Gasteiger charge is -2.40. The van der Waals surface area contributed by atoms with E-state index in [1.807, 2.05) is 24.9 Å². The van der Waals surface area contributed by atoms with E-state index in [9.17, 15) is 4.79 Å². The number of ether oxygens (including phenoxy) is 2. The first kappa shape index (κ1) is 25.6. The summed E-state index contributed by atoms with van der Waals surface area (Å²) in [7, 11) is 3.68. The first-order chi connectivity index (χ1) is 13.6. The van der Waals surface area contributed by atoms with E-state index in [-0.39, 0.29) is 35.6 Å². The second-order valence-corrected chi connectivity index (χ2v) is 9.00. The molecular formula is C25H43NO3. The molecule has 0 bridgehead atoms. The van der Waals surface area contributed by atoms with Gasteiger partial charge in [0.25, 0.3) is 0 Å². The SMILES string of the molecule is CCC(Cc1ccccc1)(OC)C(C)OC(C)C(C)CN(C)C(=O)C(C)C(C)C. The highest BCUT2D eigenvalue weighted by atomic mass is 16.5. The van der Waals surface area contributed by atoms with Gasteiger partial charge in [-0.1, -0.05) is 65.0 Å². The minimum absolute atomic E-state index is 0.0199. The van der Waals surface area contributed by atoms with Gasteiger partial charge in [0.05, 0.1) is 17.8 Å². The molecule has 0 N–H and O–H groups in total. The molecule has 0 aliphatic carbocycles. The van der Waals surface area contributed by atoms with Crippen molar-refractivity contribution in [3.05, 3.63) is 35.9 Å². The summed E-state index contributed by atoms with van der Waals surface area (Å²) in [6, 6.07) is 10.4. The number of hydrogen-bond donors (Lipinski definition) is 0. The zero-order valence-electron chi connectivity index (χ0n) is 20.1. The normalized spacial score (nSPS) is 18.0. The summed E-state index contributed by atoms with van der Waals surface area (Å²) in [4.78, 5) is 14.4. The molecule has 1 aromatic rings. The average molecular weight is 406 g/mol. The standard InChI is InChI=1S/C25H43NO3/c1-10-25(28-9,16-23-14-12-11-13-15-23)22(7)29-21(6)19(4)17-26(8)24(27)20(5)18(2)3/h11-15,18-22H,10,16-17H2,1-9H3. The Kier molecular flexibility index (Phi) is 10.4. The molecule has 5 unspecified atom stereocenters. The van der Waals surface area contributed by atoms with Gasteiger partial charge in [-0.25, -0.2) is 0 Å². The van der Waals surface area contributed by atoms with Crippen LogP contribution in [0.3, 0.4) is 0 Å². The molecule has 166 valence electrons. The van der Waals surface area contributed by atoms with Crippen molar-refractivity contribution in [2.75, 3.05) is 20.7 Å². The van der Waals surface area contributed by atoms with Crippen molar-refractivity contribution in [3.63, 3.8) is 0 Å². The molecule has 1 aromatic carbocycles. The molecule has 0 saturated carbocycles. The van der Waals surface area contributed by atoms with E-state index in [1.165, 1.54) is 5.56 Å². The molecule has 1 rings (SSSR count). The van der Waals surface area contributed by atoms with Crippen LogP contribution in [0.5, 0.6) is 0 Å². The third-order valence-electron chi connectivity index (χ3n) is 6.64. The molecular weight excluding hydrogens is 362 g/mol. The van der Waals surface area contributed by atoms with Crippen LogP contribution in [0.4, 0.5) is 0 Å². The van der Waals surface area contributed by atoms with E-state index in [4.69, 9.17) is 9.47 Å². The van der Waals surface area contributed by atoms with Gasteiger partial charge < -0.3 is 14.4 Å². The Morgan fingerprint density at radius 1 is 1.07 bits per heavy atom. The Hall–Kier alpha value is -1.39. The maximum Gasteiger partial charge on any atom is 0.225 e. The number of amides is 1. The number of carbonyl (C=O) groups excluding carboxylic acids is 1. The maximum absolute atomic E-state index is 12.6. The predicted octanol–water partition coefficient (Wildman–Crippen LogP) is 5.20. The Labute approximate surface area is 179 Å². The molecule has 29 heavy (non-hydrogen) atoms. The predicted molar refractivity (Wildman–Crippen MR) is 121 cm³/mol. The van der Waals surface area contributed by atoms with Crippen molar-refractivity contribution in [1.82, 2.24) is 4.90 Å². The maximum atomic E-state index is 12.6. The van der Waals surface area contributed by atoms with Crippen LogP contribution >= 0.6 is 0 Å². The minimum Gasteiger partial charge on any atom is -0.375 e. The summed E-state index contributed by atoms with van der Waals surface area (Å²) in [6.45, 7) is 15.4. The van der Waals surface area contributed by atoms with Gasteiger partial charge in [-0.15, -0.1) is 0 Å². The molecule has 4 heteroatoms. The minimum atomic E-state index is -0.372. The highest BCUT2D eigenvalue weighted by Crippen LogP contribution is 2.29. The lowest BCUT2D eigenvalue weighted by Crippen LogP contribution is -2.48. The Morgan fingerprint density at radius 2 is 1.66 bits per heavy atom. The monoisotopic (exact) mass is 405 g/mol. The van der Waals surface area contributed by atoms with Crippen LogP contribution in [-0.2, 0) is 20.7 Å². The first-order valence-corrected chi connectivity index (χ1v) is 11.1. The fourth-order valence-electron chi connectivity index (χ4n) is 3.76. The van der Waals surface area contributed by atoms with Crippen LogP contribution < -0.4 is 0 Å². The van der Waals surface area contributed by atoms with Crippen LogP contribution in [-0.4, -0.2) is 49.3 Å². The van der Waals surface area contributed by atoms with Crippen LogP contribution in [0.1, 0.15) is 60.5 Å². The van der Waals surface area contributed by atoms with Crippen molar-refractivity contribution >= 4 is 5.91 Å². The Bertz CT molecular complexity index is 597. The molecule has 0 fully saturated rings.